The normalized spacial score (nSPS) is 19.9. The topological polar surface area (TPSA) is 74.3 Å². The predicted molar refractivity (Wildman–Crippen MR) is 140 cm³/mol. The van der Waals surface area contributed by atoms with E-state index >= 15 is 0 Å². The molecule has 1 saturated carbocycles. The maximum atomic E-state index is 13.5. The number of halogens is 1. The average Bonchev–Trinajstić information content (AvgIpc) is 3.19. The highest BCUT2D eigenvalue weighted by Crippen LogP contribution is 2.45. The van der Waals surface area contributed by atoms with Gasteiger partial charge in [0.2, 0.25) is 0 Å². The largest absolute Gasteiger partial charge is 0.487 e. The second-order valence-electron chi connectivity index (χ2n) is 10.7. The van der Waals surface area contributed by atoms with Crippen molar-refractivity contribution >= 4 is 23.7 Å². The molecule has 1 spiro atoms. The second-order valence-corrected chi connectivity index (χ2v) is 11.1. The zero-order chi connectivity index (χ0) is 26.6. The quantitative estimate of drug-likeness (QED) is 0.382. The number of hydrogen-bond acceptors (Lipinski definition) is 6. The SMILES string of the molecule is CC(=O)O[C@H](c1ccc(OCc2ccccc2)c(Cl)c1)[C@@H]1COC2(CCCCC2)N1C(=O)OC(C)(C)C. The lowest BCUT2D eigenvalue weighted by atomic mass is 9.89. The first kappa shape index (κ1) is 27.3. The van der Waals surface area contributed by atoms with Crippen LogP contribution in [-0.4, -0.2) is 40.9 Å². The van der Waals surface area contributed by atoms with Crippen LogP contribution in [0, 0.1) is 0 Å². The minimum absolute atomic E-state index is 0.223. The lowest BCUT2D eigenvalue weighted by Gasteiger charge is -2.43. The molecule has 37 heavy (non-hydrogen) atoms. The Bertz CT molecular complexity index is 1090. The highest BCUT2D eigenvalue weighted by atomic mass is 35.5. The molecule has 1 saturated heterocycles. The molecule has 2 fully saturated rings. The van der Waals surface area contributed by atoms with Crippen LogP contribution in [0.15, 0.2) is 48.5 Å². The Hall–Kier alpha value is -2.77. The van der Waals surface area contributed by atoms with Crippen LogP contribution in [0.5, 0.6) is 5.75 Å². The standard InChI is InChI=1S/C29H36ClNO6/c1-20(32)36-26(22-13-14-25(23(30)17-22)34-18-21-11-7-5-8-12-21)24-19-35-29(15-9-6-10-16-29)31(24)27(33)37-28(2,3)4/h5,7-8,11-14,17,24,26H,6,9-10,15-16,18-19H2,1-4H3/t24-,26+/m0/s1. The van der Waals surface area contributed by atoms with Crippen LogP contribution in [0.2, 0.25) is 5.02 Å². The number of carbonyl (C=O) groups excluding carboxylic acids is 2. The summed E-state index contributed by atoms with van der Waals surface area (Å²) in [5.41, 5.74) is 0.223. The number of carbonyl (C=O) groups is 2. The molecular formula is C29H36ClNO6. The molecule has 0 N–H and O–H groups in total. The van der Waals surface area contributed by atoms with Crippen molar-refractivity contribution in [3.63, 3.8) is 0 Å². The van der Waals surface area contributed by atoms with Gasteiger partial charge in [0.15, 0.2) is 0 Å². The van der Waals surface area contributed by atoms with Crippen LogP contribution in [0.3, 0.4) is 0 Å². The number of ether oxygens (including phenoxy) is 4. The third-order valence-corrected chi connectivity index (χ3v) is 6.98. The summed E-state index contributed by atoms with van der Waals surface area (Å²) in [5.74, 6) is 0.0607. The summed E-state index contributed by atoms with van der Waals surface area (Å²) in [6.45, 7) is 7.46. The van der Waals surface area contributed by atoms with Gasteiger partial charge in [0.25, 0.3) is 0 Å². The molecule has 2 atom stereocenters. The molecule has 7 nitrogen and oxygen atoms in total. The minimum atomic E-state index is -0.785. The first-order chi connectivity index (χ1) is 17.6. The van der Waals surface area contributed by atoms with Crippen LogP contribution < -0.4 is 4.74 Å². The Morgan fingerprint density at radius 1 is 1.11 bits per heavy atom. The Morgan fingerprint density at radius 3 is 2.43 bits per heavy atom. The van der Waals surface area contributed by atoms with E-state index in [1.54, 1.807) is 17.0 Å². The predicted octanol–water partition coefficient (Wildman–Crippen LogP) is 6.82. The highest BCUT2D eigenvalue weighted by Gasteiger charge is 2.55. The van der Waals surface area contributed by atoms with Crippen molar-refractivity contribution in [2.24, 2.45) is 0 Å². The first-order valence-electron chi connectivity index (χ1n) is 12.9. The Labute approximate surface area is 224 Å². The fourth-order valence-electron chi connectivity index (χ4n) is 5.11. The Kier molecular flexibility index (Phi) is 8.34. The van der Waals surface area contributed by atoms with E-state index in [0.29, 0.717) is 35.8 Å². The van der Waals surface area contributed by atoms with Crippen molar-refractivity contribution in [2.75, 3.05) is 6.61 Å². The summed E-state index contributed by atoms with van der Waals surface area (Å²) in [5, 5.41) is 0.390. The summed E-state index contributed by atoms with van der Waals surface area (Å²) < 4.78 is 23.9. The van der Waals surface area contributed by atoms with E-state index in [1.165, 1.54) is 6.92 Å². The zero-order valence-electron chi connectivity index (χ0n) is 22.0. The summed E-state index contributed by atoms with van der Waals surface area (Å²) in [4.78, 5) is 27.4. The number of rotatable bonds is 6. The van der Waals surface area contributed by atoms with Crippen LogP contribution in [0.25, 0.3) is 0 Å². The number of hydrogen-bond donors (Lipinski definition) is 0. The van der Waals surface area contributed by atoms with E-state index in [0.717, 1.165) is 24.8 Å². The van der Waals surface area contributed by atoms with E-state index in [1.807, 2.05) is 57.2 Å². The minimum Gasteiger partial charge on any atom is -0.487 e. The lowest BCUT2D eigenvalue weighted by Crippen LogP contribution is -2.55. The van der Waals surface area contributed by atoms with E-state index < -0.39 is 35.5 Å². The monoisotopic (exact) mass is 529 g/mol. The summed E-state index contributed by atoms with van der Waals surface area (Å²) in [6, 6.07) is 14.6. The van der Waals surface area contributed by atoms with Gasteiger partial charge in [0, 0.05) is 6.92 Å². The fourth-order valence-corrected chi connectivity index (χ4v) is 5.35. The Morgan fingerprint density at radius 2 is 1.81 bits per heavy atom. The van der Waals surface area contributed by atoms with Crippen LogP contribution in [0.4, 0.5) is 4.79 Å². The lowest BCUT2D eigenvalue weighted by molar-refractivity contribution is -0.151. The first-order valence-corrected chi connectivity index (χ1v) is 13.3. The molecule has 2 aromatic carbocycles. The maximum absolute atomic E-state index is 13.5. The molecule has 4 rings (SSSR count). The molecule has 1 amide bonds. The molecule has 0 aromatic heterocycles. The highest BCUT2D eigenvalue weighted by molar-refractivity contribution is 6.32. The molecule has 2 aliphatic rings. The molecule has 0 unspecified atom stereocenters. The van der Waals surface area contributed by atoms with Gasteiger partial charge in [-0.05, 0) is 69.7 Å². The van der Waals surface area contributed by atoms with Gasteiger partial charge in [-0.25, -0.2) is 4.79 Å². The molecule has 200 valence electrons. The molecule has 1 heterocycles. The van der Waals surface area contributed by atoms with Crippen LogP contribution >= 0.6 is 11.6 Å². The molecule has 0 bridgehead atoms. The zero-order valence-corrected chi connectivity index (χ0v) is 22.8. The van der Waals surface area contributed by atoms with Crippen molar-refractivity contribution in [1.82, 2.24) is 4.90 Å². The average molecular weight is 530 g/mol. The molecule has 0 radical (unpaired) electrons. The fraction of sp³-hybridized carbons (Fsp3) is 0.517. The van der Waals surface area contributed by atoms with Crippen LogP contribution in [0.1, 0.15) is 77.0 Å². The molecule has 1 aliphatic carbocycles. The van der Waals surface area contributed by atoms with E-state index in [4.69, 9.17) is 30.5 Å². The van der Waals surface area contributed by atoms with Crippen molar-refractivity contribution in [3.05, 3.63) is 64.7 Å². The van der Waals surface area contributed by atoms with Gasteiger partial charge in [-0.3, -0.25) is 9.69 Å². The van der Waals surface area contributed by atoms with E-state index in [-0.39, 0.29) is 6.61 Å². The van der Waals surface area contributed by atoms with Crippen LogP contribution in [-0.2, 0) is 25.6 Å². The third kappa shape index (κ3) is 6.57. The van der Waals surface area contributed by atoms with Gasteiger partial charge < -0.3 is 18.9 Å². The molecular weight excluding hydrogens is 494 g/mol. The van der Waals surface area contributed by atoms with Crippen molar-refractivity contribution in [3.8, 4) is 5.75 Å². The summed E-state index contributed by atoms with van der Waals surface area (Å²) >= 11 is 6.61. The third-order valence-electron chi connectivity index (χ3n) is 6.68. The smallest absolute Gasteiger partial charge is 0.413 e. The number of nitrogens with zero attached hydrogens (tertiary/aromatic N) is 1. The number of amides is 1. The summed E-state index contributed by atoms with van der Waals surface area (Å²) in [7, 11) is 0. The van der Waals surface area contributed by atoms with Crippen molar-refractivity contribution in [1.29, 1.82) is 0 Å². The van der Waals surface area contributed by atoms with E-state index in [9.17, 15) is 9.59 Å². The number of benzene rings is 2. The van der Waals surface area contributed by atoms with Gasteiger partial charge in [0.1, 0.15) is 35.8 Å². The van der Waals surface area contributed by atoms with Gasteiger partial charge in [-0.1, -0.05) is 54.4 Å². The van der Waals surface area contributed by atoms with E-state index in [2.05, 4.69) is 0 Å². The summed E-state index contributed by atoms with van der Waals surface area (Å²) in [6.07, 6.45) is 3.15. The van der Waals surface area contributed by atoms with Crippen molar-refractivity contribution in [2.45, 2.75) is 89.9 Å². The van der Waals surface area contributed by atoms with Gasteiger partial charge in [-0.2, -0.15) is 0 Å². The second kappa shape index (κ2) is 11.3. The van der Waals surface area contributed by atoms with Gasteiger partial charge >= 0.3 is 12.1 Å². The molecule has 8 heteroatoms. The molecule has 2 aromatic rings. The maximum Gasteiger partial charge on any atom is 0.413 e. The molecule has 1 aliphatic heterocycles. The Balaban J connectivity index is 1.63. The van der Waals surface area contributed by atoms with Gasteiger partial charge in [-0.15, -0.1) is 0 Å². The number of esters is 1. The van der Waals surface area contributed by atoms with Gasteiger partial charge in [0.05, 0.1) is 11.6 Å². The van der Waals surface area contributed by atoms with Crippen molar-refractivity contribution < 1.29 is 28.5 Å².